The van der Waals surface area contributed by atoms with E-state index < -0.39 is 0 Å². The molecular weight excluding hydrogens is 194 g/mol. The lowest BCUT2D eigenvalue weighted by Gasteiger charge is -2.19. The van der Waals surface area contributed by atoms with Crippen molar-refractivity contribution in [3.63, 3.8) is 0 Å². The second kappa shape index (κ2) is 4.84. The average molecular weight is 211 g/mol. The minimum Gasteiger partial charge on any atom is -0.322 e. The Balaban J connectivity index is 1.99. The van der Waals surface area contributed by atoms with Gasteiger partial charge in [-0.3, -0.25) is 0 Å². The van der Waals surface area contributed by atoms with Gasteiger partial charge in [0.2, 0.25) is 0 Å². The Kier molecular flexibility index (Phi) is 3.48. The van der Waals surface area contributed by atoms with E-state index in [4.69, 9.17) is 5.73 Å². The van der Waals surface area contributed by atoms with Crippen LogP contribution in [0.5, 0.6) is 0 Å². The molecule has 2 rings (SSSR count). The molecule has 78 valence electrons. The maximum atomic E-state index is 6.19. The maximum Gasteiger partial charge on any atom is 0.0912 e. The Hall–Kier alpha value is -0.480. The van der Waals surface area contributed by atoms with Crippen LogP contribution in [-0.2, 0) is 0 Å². The molecule has 0 aromatic carbocycles. The van der Waals surface area contributed by atoms with Gasteiger partial charge in [-0.1, -0.05) is 25.7 Å². The largest absolute Gasteiger partial charge is 0.322 e. The van der Waals surface area contributed by atoms with Gasteiger partial charge in [0, 0.05) is 0 Å². The minimum absolute atomic E-state index is 0.117. The minimum atomic E-state index is 0.117. The molecule has 0 spiro atoms. The predicted octanol–water partition coefficient (Wildman–Crippen LogP) is 2.51. The Bertz CT molecular complexity index is 252. The number of nitrogens with zero attached hydrogens (tertiary/aromatic N) is 2. The van der Waals surface area contributed by atoms with Crippen LogP contribution >= 0.6 is 11.7 Å². The predicted molar refractivity (Wildman–Crippen MR) is 58.0 cm³/mol. The highest BCUT2D eigenvalue weighted by molar-refractivity contribution is 6.99. The molecule has 1 atom stereocenters. The van der Waals surface area contributed by atoms with E-state index in [1.165, 1.54) is 50.3 Å². The summed E-state index contributed by atoms with van der Waals surface area (Å²) >= 11 is 1.26. The van der Waals surface area contributed by atoms with Gasteiger partial charge in [0.15, 0.2) is 0 Å². The summed E-state index contributed by atoms with van der Waals surface area (Å²) in [6.45, 7) is 0. The van der Waals surface area contributed by atoms with E-state index in [0.717, 1.165) is 5.69 Å². The highest BCUT2D eigenvalue weighted by Crippen LogP contribution is 2.31. The summed E-state index contributed by atoms with van der Waals surface area (Å²) in [7, 11) is 0. The molecule has 0 saturated heterocycles. The standard InChI is InChI=1S/C10H17N3S/c11-10(9-7-12-14-13-9)8-5-3-1-2-4-6-8/h7-8,10H,1-6,11H2. The van der Waals surface area contributed by atoms with Crippen molar-refractivity contribution < 1.29 is 0 Å². The van der Waals surface area contributed by atoms with Crippen LogP contribution in [0, 0.1) is 5.92 Å². The molecule has 1 aromatic heterocycles. The van der Waals surface area contributed by atoms with E-state index in [1.807, 2.05) is 6.20 Å². The normalized spacial score (nSPS) is 21.8. The quantitative estimate of drug-likeness (QED) is 0.765. The summed E-state index contributed by atoms with van der Waals surface area (Å²) in [5, 5.41) is 0. The van der Waals surface area contributed by atoms with Crippen LogP contribution in [0.2, 0.25) is 0 Å². The van der Waals surface area contributed by atoms with E-state index in [0.29, 0.717) is 5.92 Å². The van der Waals surface area contributed by atoms with Gasteiger partial charge in [0.05, 0.1) is 29.7 Å². The van der Waals surface area contributed by atoms with E-state index in [9.17, 15) is 0 Å². The number of nitrogens with two attached hydrogens (primary N) is 1. The fourth-order valence-electron chi connectivity index (χ4n) is 2.23. The molecule has 1 heterocycles. The molecule has 1 aliphatic carbocycles. The van der Waals surface area contributed by atoms with Crippen molar-refractivity contribution in [1.82, 2.24) is 8.75 Å². The van der Waals surface area contributed by atoms with E-state index >= 15 is 0 Å². The molecule has 3 nitrogen and oxygen atoms in total. The van der Waals surface area contributed by atoms with Gasteiger partial charge >= 0.3 is 0 Å². The zero-order chi connectivity index (χ0) is 9.80. The third kappa shape index (κ3) is 2.30. The molecule has 1 aliphatic rings. The second-order valence-electron chi connectivity index (χ2n) is 4.11. The number of rotatable bonds is 2. The van der Waals surface area contributed by atoms with Gasteiger partial charge in [0.1, 0.15) is 0 Å². The van der Waals surface area contributed by atoms with Crippen molar-refractivity contribution in [3.05, 3.63) is 11.9 Å². The molecule has 0 bridgehead atoms. The molecule has 1 aromatic rings. The van der Waals surface area contributed by atoms with Crippen LogP contribution in [-0.4, -0.2) is 8.75 Å². The van der Waals surface area contributed by atoms with Crippen molar-refractivity contribution in [1.29, 1.82) is 0 Å². The zero-order valence-corrected chi connectivity index (χ0v) is 9.17. The summed E-state index contributed by atoms with van der Waals surface area (Å²) in [5.74, 6) is 0.626. The fourth-order valence-corrected chi connectivity index (χ4v) is 2.70. The number of hydrogen-bond donors (Lipinski definition) is 1. The second-order valence-corrected chi connectivity index (χ2v) is 4.67. The highest BCUT2D eigenvalue weighted by atomic mass is 32.1. The lowest BCUT2D eigenvalue weighted by molar-refractivity contribution is 0.378. The lowest BCUT2D eigenvalue weighted by atomic mass is 9.91. The van der Waals surface area contributed by atoms with E-state index in [2.05, 4.69) is 8.75 Å². The van der Waals surface area contributed by atoms with Crippen LogP contribution in [0.25, 0.3) is 0 Å². The Morgan fingerprint density at radius 3 is 2.57 bits per heavy atom. The first-order chi connectivity index (χ1) is 6.88. The number of aromatic nitrogens is 2. The fraction of sp³-hybridized carbons (Fsp3) is 0.800. The first-order valence-electron chi connectivity index (χ1n) is 5.41. The smallest absolute Gasteiger partial charge is 0.0912 e. The monoisotopic (exact) mass is 211 g/mol. The summed E-state index contributed by atoms with van der Waals surface area (Å²) in [5.41, 5.74) is 7.18. The highest BCUT2D eigenvalue weighted by Gasteiger charge is 2.22. The third-order valence-electron chi connectivity index (χ3n) is 3.13. The van der Waals surface area contributed by atoms with Gasteiger partial charge < -0.3 is 5.73 Å². The Morgan fingerprint density at radius 2 is 2.00 bits per heavy atom. The van der Waals surface area contributed by atoms with Gasteiger partial charge in [-0.15, -0.1) is 0 Å². The van der Waals surface area contributed by atoms with Crippen molar-refractivity contribution in [3.8, 4) is 0 Å². The molecule has 14 heavy (non-hydrogen) atoms. The molecule has 0 aliphatic heterocycles. The van der Waals surface area contributed by atoms with Crippen LogP contribution in [0.3, 0.4) is 0 Å². The van der Waals surface area contributed by atoms with E-state index in [1.54, 1.807) is 0 Å². The summed E-state index contributed by atoms with van der Waals surface area (Å²) in [6.07, 6.45) is 9.75. The third-order valence-corrected chi connectivity index (χ3v) is 3.62. The van der Waals surface area contributed by atoms with Gasteiger partial charge in [-0.05, 0) is 18.8 Å². The first kappa shape index (κ1) is 10.1. The van der Waals surface area contributed by atoms with Gasteiger partial charge in [0.25, 0.3) is 0 Å². The lowest BCUT2D eigenvalue weighted by Crippen LogP contribution is -2.21. The van der Waals surface area contributed by atoms with Crippen LogP contribution < -0.4 is 5.73 Å². The maximum absolute atomic E-state index is 6.19. The molecule has 1 fully saturated rings. The molecule has 1 unspecified atom stereocenters. The van der Waals surface area contributed by atoms with Crippen molar-refractivity contribution in [2.24, 2.45) is 11.7 Å². The van der Waals surface area contributed by atoms with Crippen molar-refractivity contribution in [2.75, 3.05) is 0 Å². The molecule has 4 heteroatoms. The summed E-state index contributed by atoms with van der Waals surface area (Å²) in [6, 6.07) is 0.117. The summed E-state index contributed by atoms with van der Waals surface area (Å²) < 4.78 is 8.24. The van der Waals surface area contributed by atoms with Crippen LogP contribution in [0.4, 0.5) is 0 Å². The molecule has 0 amide bonds. The van der Waals surface area contributed by atoms with Crippen molar-refractivity contribution >= 4 is 11.7 Å². The zero-order valence-electron chi connectivity index (χ0n) is 8.35. The SMILES string of the molecule is NC(c1cnsn1)C1CCCCCC1. The Labute approximate surface area is 89.0 Å². The number of hydrogen-bond acceptors (Lipinski definition) is 4. The van der Waals surface area contributed by atoms with Crippen LogP contribution in [0.15, 0.2) is 6.20 Å². The Morgan fingerprint density at radius 1 is 1.29 bits per heavy atom. The average Bonchev–Trinajstić information content (AvgIpc) is 2.59. The van der Waals surface area contributed by atoms with E-state index in [-0.39, 0.29) is 6.04 Å². The molecule has 1 saturated carbocycles. The van der Waals surface area contributed by atoms with Gasteiger partial charge in [-0.25, -0.2) is 0 Å². The molecule has 0 radical (unpaired) electrons. The van der Waals surface area contributed by atoms with Crippen LogP contribution in [0.1, 0.15) is 50.3 Å². The first-order valence-corrected chi connectivity index (χ1v) is 6.14. The van der Waals surface area contributed by atoms with Gasteiger partial charge in [-0.2, -0.15) is 8.75 Å². The molecular formula is C10H17N3S. The molecule has 2 N–H and O–H groups in total. The summed E-state index contributed by atoms with van der Waals surface area (Å²) in [4.78, 5) is 0. The topological polar surface area (TPSA) is 51.8 Å². The van der Waals surface area contributed by atoms with Crippen molar-refractivity contribution in [2.45, 2.75) is 44.6 Å².